The number of nitrogens with one attached hydrogen (secondary N) is 2. The molecule has 2 aromatic rings. The number of amides is 1. The van der Waals surface area contributed by atoms with Gasteiger partial charge in [0.05, 0.1) is 12.4 Å². The number of hydrogen-bond donors (Lipinski definition) is 2. The van der Waals surface area contributed by atoms with E-state index in [2.05, 4.69) is 25.8 Å². The first-order valence-electron chi connectivity index (χ1n) is 6.50. The molecule has 0 aliphatic heterocycles. The molecule has 0 aliphatic rings. The highest BCUT2D eigenvalue weighted by molar-refractivity contribution is 5.92. The van der Waals surface area contributed by atoms with Crippen LogP contribution in [0.5, 0.6) is 0 Å². The Morgan fingerprint density at radius 1 is 1.29 bits per heavy atom. The van der Waals surface area contributed by atoms with Gasteiger partial charge in [-0.2, -0.15) is 0 Å². The van der Waals surface area contributed by atoms with Crippen molar-refractivity contribution in [1.29, 1.82) is 0 Å². The molecule has 2 N–H and O–H groups in total. The average molecular weight is 290 g/mol. The molecule has 0 unspecified atom stereocenters. The van der Waals surface area contributed by atoms with E-state index in [0.29, 0.717) is 23.9 Å². The van der Waals surface area contributed by atoms with Crippen LogP contribution in [0.25, 0.3) is 0 Å². The lowest BCUT2D eigenvalue weighted by molar-refractivity contribution is 0.0945. The molecule has 2 aromatic heterocycles. The van der Waals surface area contributed by atoms with Crippen molar-refractivity contribution < 1.29 is 9.32 Å². The van der Waals surface area contributed by atoms with Crippen molar-refractivity contribution in [1.82, 2.24) is 25.3 Å². The summed E-state index contributed by atoms with van der Waals surface area (Å²) in [4.78, 5) is 22.0. The molecule has 0 aromatic carbocycles. The van der Waals surface area contributed by atoms with Crippen molar-refractivity contribution in [2.45, 2.75) is 6.92 Å². The van der Waals surface area contributed by atoms with E-state index in [4.69, 9.17) is 4.52 Å². The van der Waals surface area contributed by atoms with E-state index in [0.717, 1.165) is 6.54 Å². The highest BCUT2D eigenvalue weighted by atomic mass is 16.5. The summed E-state index contributed by atoms with van der Waals surface area (Å²) in [7, 11) is 3.89. The Balaban J connectivity index is 1.90. The molecule has 0 bridgehead atoms. The summed E-state index contributed by atoms with van der Waals surface area (Å²) in [6.45, 7) is 3.13. The first-order chi connectivity index (χ1) is 10.0. The van der Waals surface area contributed by atoms with E-state index in [1.54, 1.807) is 13.0 Å². The number of carbonyl (C=O) groups is 1. The van der Waals surface area contributed by atoms with Gasteiger partial charge in [0.2, 0.25) is 0 Å². The summed E-state index contributed by atoms with van der Waals surface area (Å²) in [5.41, 5.74) is 0.274. The Morgan fingerprint density at radius 3 is 2.67 bits per heavy atom. The molecule has 21 heavy (non-hydrogen) atoms. The molecule has 2 rings (SSSR count). The van der Waals surface area contributed by atoms with Crippen LogP contribution in [0.2, 0.25) is 0 Å². The molecule has 0 saturated carbocycles. The van der Waals surface area contributed by atoms with E-state index in [9.17, 15) is 4.79 Å². The lowest BCUT2D eigenvalue weighted by Gasteiger charge is -2.10. The Labute approximate surface area is 122 Å². The standard InChI is InChI=1S/C13H18N6O2/c1-9-6-11(18-21-9)17-12-8-15-10(7-16-12)13(20)14-4-5-19(2)3/h6-8H,4-5H2,1-3H3,(H,14,20)(H,16,17,18). The van der Waals surface area contributed by atoms with Gasteiger partial charge in [-0.15, -0.1) is 0 Å². The second-order valence-electron chi connectivity index (χ2n) is 4.79. The van der Waals surface area contributed by atoms with Gasteiger partial charge in [0.25, 0.3) is 5.91 Å². The fourth-order valence-electron chi connectivity index (χ4n) is 1.55. The minimum Gasteiger partial charge on any atom is -0.360 e. The normalized spacial score (nSPS) is 10.7. The quantitative estimate of drug-likeness (QED) is 0.812. The highest BCUT2D eigenvalue weighted by Crippen LogP contribution is 2.12. The molecule has 8 nitrogen and oxygen atoms in total. The van der Waals surface area contributed by atoms with Crippen molar-refractivity contribution in [2.75, 3.05) is 32.5 Å². The summed E-state index contributed by atoms with van der Waals surface area (Å²) in [6, 6.07) is 1.74. The number of likely N-dealkylation sites (N-methyl/N-ethyl adjacent to an activating group) is 1. The maximum Gasteiger partial charge on any atom is 0.271 e. The Hall–Kier alpha value is -2.48. The van der Waals surface area contributed by atoms with Crippen molar-refractivity contribution in [3.05, 3.63) is 29.9 Å². The smallest absolute Gasteiger partial charge is 0.271 e. The lowest BCUT2D eigenvalue weighted by Crippen LogP contribution is -2.31. The van der Waals surface area contributed by atoms with Crippen LogP contribution in [0.1, 0.15) is 16.2 Å². The van der Waals surface area contributed by atoms with Crippen molar-refractivity contribution in [3.8, 4) is 0 Å². The molecular formula is C13H18N6O2. The molecule has 0 fully saturated rings. The third-order valence-corrected chi connectivity index (χ3v) is 2.61. The summed E-state index contributed by atoms with van der Waals surface area (Å²) in [5, 5.41) is 9.49. The van der Waals surface area contributed by atoms with Crippen LogP contribution in [0.15, 0.2) is 23.0 Å². The third-order valence-electron chi connectivity index (χ3n) is 2.61. The van der Waals surface area contributed by atoms with Gasteiger partial charge in [0.1, 0.15) is 17.3 Å². The van der Waals surface area contributed by atoms with Crippen LogP contribution in [0, 0.1) is 6.92 Å². The van der Waals surface area contributed by atoms with Crippen LogP contribution in [-0.2, 0) is 0 Å². The summed E-state index contributed by atoms with van der Waals surface area (Å²) in [5.74, 6) is 1.49. The monoisotopic (exact) mass is 290 g/mol. The number of nitrogens with zero attached hydrogens (tertiary/aromatic N) is 4. The average Bonchev–Trinajstić information content (AvgIpc) is 2.84. The maximum atomic E-state index is 11.8. The van der Waals surface area contributed by atoms with Crippen molar-refractivity contribution in [2.24, 2.45) is 0 Å². The van der Waals surface area contributed by atoms with Gasteiger partial charge in [-0.25, -0.2) is 9.97 Å². The zero-order valence-corrected chi connectivity index (χ0v) is 12.3. The van der Waals surface area contributed by atoms with Crippen LogP contribution in [0.3, 0.4) is 0 Å². The molecule has 0 saturated heterocycles. The number of aryl methyl sites for hydroxylation is 1. The summed E-state index contributed by atoms with van der Waals surface area (Å²) < 4.78 is 4.93. The fourth-order valence-corrected chi connectivity index (χ4v) is 1.55. The number of rotatable bonds is 6. The summed E-state index contributed by atoms with van der Waals surface area (Å²) >= 11 is 0. The zero-order valence-electron chi connectivity index (χ0n) is 12.3. The molecule has 2 heterocycles. The number of carbonyl (C=O) groups excluding carboxylic acids is 1. The van der Waals surface area contributed by atoms with E-state index in [-0.39, 0.29) is 11.6 Å². The van der Waals surface area contributed by atoms with Gasteiger partial charge in [-0.1, -0.05) is 5.16 Å². The highest BCUT2D eigenvalue weighted by Gasteiger charge is 2.08. The second-order valence-corrected chi connectivity index (χ2v) is 4.79. The molecule has 0 atom stereocenters. The Bertz CT molecular complexity index is 593. The predicted molar refractivity (Wildman–Crippen MR) is 77.4 cm³/mol. The largest absolute Gasteiger partial charge is 0.360 e. The molecule has 0 radical (unpaired) electrons. The first kappa shape index (κ1) is 14.9. The second kappa shape index (κ2) is 6.80. The van der Waals surface area contributed by atoms with Crippen LogP contribution >= 0.6 is 0 Å². The number of anilines is 2. The van der Waals surface area contributed by atoms with Crippen molar-refractivity contribution in [3.63, 3.8) is 0 Å². The van der Waals surface area contributed by atoms with Gasteiger partial charge >= 0.3 is 0 Å². The molecule has 8 heteroatoms. The Kier molecular flexibility index (Phi) is 4.83. The minimum absolute atomic E-state index is 0.242. The van der Waals surface area contributed by atoms with E-state index in [1.807, 2.05) is 19.0 Å². The SMILES string of the molecule is Cc1cc(Nc2cnc(C(=O)NCCN(C)C)cn2)no1. The number of aromatic nitrogens is 3. The topological polar surface area (TPSA) is 96.2 Å². The van der Waals surface area contributed by atoms with Crippen LogP contribution in [0.4, 0.5) is 11.6 Å². The molecule has 0 aliphatic carbocycles. The number of hydrogen-bond acceptors (Lipinski definition) is 7. The minimum atomic E-state index is -0.242. The summed E-state index contributed by atoms with van der Waals surface area (Å²) in [6.07, 6.45) is 2.89. The van der Waals surface area contributed by atoms with E-state index in [1.165, 1.54) is 12.4 Å². The molecule has 0 spiro atoms. The van der Waals surface area contributed by atoms with Gasteiger partial charge < -0.3 is 20.1 Å². The van der Waals surface area contributed by atoms with Crippen LogP contribution < -0.4 is 10.6 Å². The third kappa shape index (κ3) is 4.53. The van der Waals surface area contributed by atoms with E-state index < -0.39 is 0 Å². The van der Waals surface area contributed by atoms with Crippen LogP contribution in [-0.4, -0.2) is 53.1 Å². The first-order valence-corrected chi connectivity index (χ1v) is 6.50. The molecule has 112 valence electrons. The fraction of sp³-hybridized carbons (Fsp3) is 0.385. The lowest BCUT2D eigenvalue weighted by atomic mass is 10.4. The van der Waals surface area contributed by atoms with Gasteiger partial charge in [0.15, 0.2) is 5.82 Å². The molecule has 1 amide bonds. The zero-order chi connectivity index (χ0) is 15.2. The van der Waals surface area contributed by atoms with E-state index >= 15 is 0 Å². The maximum absolute atomic E-state index is 11.8. The molecular weight excluding hydrogens is 272 g/mol. The van der Waals surface area contributed by atoms with Gasteiger partial charge in [0, 0.05) is 19.2 Å². The van der Waals surface area contributed by atoms with Crippen molar-refractivity contribution >= 4 is 17.5 Å². The predicted octanol–water partition coefficient (Wildman–Crippen LogP) is 0.808. The van der Waals surface area contributed by atoms with Gasteiger partial charge in [-0.3, -0.25) is 4.79 Å². The van der Waals surface area contributed by atoms with Gasteiger partial charge in [-0.05, 0) is 21.0 Å². The Morgan fingerprint density at radius 2 is 2.10 bits per heavy atom.